The minimum absolute atomic E-state index is 0.0943. The van der Waals surface area contributed by atoms with Crippen molar-refractivity contribution in [1.82, 2.24) is 4.98 Å². The molecule has 0 aliphatic rings. The first-order chi connectivity index (χ1) is 16.7. The van der Waals surface area contributed by atoms with E-state index in [4.69, 9.17) is 13.9 Å². The van der Waals surface area contributed by atoms with E-state index in [-0.39, 0.29) is 12.5 Å². The lowest BCUT2D eigenvalue weighted by molar-refractivity contribution is -0.118. The van der Waals surface area contributed by atoms with E-state index in [0.29, 0.717) is 17.3 Å². The topological polar surface area (TPSA) is 73.6 Å². The lowest BCUT2D eigenvalue weighted by Crippen LogP contribution is -2.20. The van der Waals surface area contributed by atoms with Gasteiger partial charge in [0, 0.05) is 11.3 Å². The second-order valence-corrected chi connectivity index (χ2v) is 7.66. The molecular weight excluding hydrogens is 428 g/mol. The van der Waals surface area contributed by atoms with Crippen molar-refractivity contribution in [3.05, 3.63) is 97.1 Å². The molecule has 5 rings (SSSR count). The molecule has 168 valence electrons. The molecule has 1 heterocycles. The average Bonchev–Trinajstić information content (AvgIpc) is 3.32. The summed E-state index contributed by atoms with van der Waals surface area (Å²) in [6.45, 7) is -0.0943. The summed E-state index contributed by atoms with van der Waals surface area (Å²) in [5.41, 5.74) is 5.22. The molecule has 0 bridgehead atoms. The standard InChI is InChI=1S/C28H22N2O4/c1-32-23-12-14-24(15-13-23)33-18-27(31)29-22-10-7-20(8-11-22)28-30-25-17-21(9-16-26(25)34-28)19-5-3-2-4-6-19/h2-17H,18H2,1H3,(H,29,31). The summed E-state index contributed by atoms with van der Waals surface area (Å²) in [6.07, 6.45) is 0. The van der Waals surface area contributed by atoms with Gasteiger partial charge in [-0.2, -0.15) is 0 Å². The number of nitrogens with one attached hydrogen (secondary N) is 1. The van der Waals surface area contributed by atoms with Crippen LogP contribution in [0.5, 0.6) is 11.5 Å². The minimum Gasteiger partial charge on any atom is -0.497 e. The minimum atomic E-state index is -0.251. The van der Waals surface area contributed by atoms with Gasteiger partial charge in [-0.1, -0.05) is 36.4 Å². The van der Waals surface area contributed by atoms with Gasteiger partial charge in [0.1, 0.15) is 17.0 Å². The zero-order valence-electron chi connectivity index (χ0n) is 18.5. The normalized spacial score (nSPS) is 10.7. The molecule has 0 aliphatic carbocycles. The number of anilines is 1. The quantitative estimate of drug-likeness (QED) is 0.320. The number of oxazole rings is 1. The van der Waals surface area contributed by atoms with E-state index in [2.05, 4.69) is 22.4 Å². The number of hydrogen-bond acceptors (Lipinski definition) is 5. The number of benzene rings is 4. The third-order valence-corrected chi connectivity index (χ3v) is 5.34. The van der Waals surface area contributed by atoms with Crippen LogP contribution in [0.4, 0.5) is 5.69 Å². The maximum atomic E-state index is 12.2. The number of rotatable bonds is 7. The number of amides is 1. The molecule has 0 atom stereocenters. The summed E-state index contributed by atoms with van der Waals surface area (Å²) in [4.78, 5) is 16.9. The van der Waals surface area contributed by atoms with Crippen LogP contribution in [0, 0.1) is 0 Å². The van der Waals surface area contributed by atoms with E-state index in [1.807, 2.05) is 60.7 Å². The summed E-state index contributed by atoms with van der Waals surface area (Å²) < 4.78 is 16.6. The smallest absolute Gasteiger partial charge is 0.262 e. The fraction of sp³-hybridized carbons (Fsp3) is 0.0714. The van der Waals surface area contributed by atoms with Gasteiger partial charge in [0.2, 0.25) is 5.89 Å². The van der Waals surface area contributed by atoms with Crippen LogP contribution in [-0.4, -0.2) is 24.6 Å². The third-order valence-electron chi connectivity index (χ3n) is 5.34. The van der Waals surface area contributed by atoms with Gasteiger partial charge < -0.3 is 19.2 Å². The van der Waals surface area contributed by atoms with E-state index in [1.165, 1.54) is 0 Å². The summed E-state index contributed by atoms with van der Waals surface area (Å²) in [5.74, 6) is 1.60. The van der Waals surface area contributed by atoms with Crippen LogP contribution in [-0.2, 0) is 4.79 Å². The van der Waals surface area contributed by atoms with Crippen molar-refractivity contribution in [3.8, 4) is 34.1 Å². The Morgan fingerprint density at radius 1 is 0.824 bits per heavy atom. The predicted molar refractivity (Wildman–Crippen MR) is 132 cm³/mol. The Balaban J connectivity index is 1.24. The predicted octanol–water partition coefficient (Wildman–Crippen LogP) is 6.19. The fourth-order valence-electron chi connectivity index (χ4n) is 3.58. The number of carbonyl (C=O) groups is 1. The van der Waals surface area contributed by atoms with Gasteiger partial charge in [-0.05, 0) is 71.8 Å². The highest BCUT2D eigenvalue weighted by molar-refractivity contribution is 5.92. The molecule has 5 aromatic rings. The van der Waals surface area contributed by atoms with Crippen molar-refractivity contribution in [2.24, 2.45) is 0 Å². The van der Waals surface area contributed by atoms with E-state index in [9.17, 15) is 4.79 Å². The Labute approximate surface area is 196 Å². The van der Waals surface area contributed by atoms with Crippen molar-refractivity contribution in [2.75, 3.05) is 19.0 Å². The molecule has 0 radical (unpaired) electrons. The lowest BCUT2D eigenvalue weighted by atomic mass is 10.1. The monoisotopic (exact) mass is 450 g/mol. The maximum absolute atomic E-state index is 12.2. The van der Waals surface area contributed by atoms with Crippen molar-refractivity contribution < 1.29 is 18.7 Å². The zero-order chi connectivity index (χ0) is 23.3. The molecule has 0 aliphatic heterocycles. The van der Waals surface area contributed by atoms with Crippen LogP contribution in [0.2, 0.25) is 0 Å². The largest absolute Gasteiger partial charge is 0.497 e. The zero-order valence-corrected chi connectivity index (χ0v) is 18.5. The Kier molecular flexibility index (Phi) is 5.95. The molecule has 0 spiro atoms. The van der Waals surface area contributed by atoms with Crippen molar-refractivity contribution in [2.45, 2.75) is 0 Å². The first kappa shape index (κ1) is 21.3. The second kappa shape index (κ2) is 9.50. The third kappa shape index (κ3) is 4.76. The first-order valence-corrected chi connectivity index (χ1v) is 10.8. The number of nitrogens with zero attached hydrogens (tertiary/aromatic N) is 1. The maximum Gasteiger partial charge on any atom is 0.262 e. The Morgan fingerprint density at radius 3 is 2.26 bits per heavy atom. The molecule has 1 aromatic heterocycles. The first-order valence-electron chi connectivity index (χ1n) is 10.8. The summed E-state index contributed by atoms with van der Waals surface area (Å²) in [5, 5.41) is 2.83. The number of carbonyl (C=O) groups excluding carboxylic acids is 1. The molecule has 0 fully saturated rings. The molecule has 4 aromatic carbocycles. The van der Waals surface area contributed by atoms with E-state index >= 15 is 0 Å². The van der Waals surface area contributed by atoms with Crippen molar-refractivity contribution >= 4 is 22.7 Å². The highest BCUT2D eigenvalue weighted by atomic mass is 16.5. The van der Waals surface area contributed by atoms with Gasteiger partial charge in [-0.25, -0.2) is 4.98 Å². The molecule has 1 N–H and O–H groups in total. The molecule has 6 heteroatoms. The number of fused-ring (bicyclic) bond motifs is 1. The summed E-state index contributed by atoms with van der Waals surface area (Å²) in [6, 6.07) is 30.6. The fourth-order valence-corrected chi connectivity index (χ4v) is 3.58. The van der Waals surface area contributed by atoms with E-state index in [0.717, 1.165) is 33.5 Å². The van der Waals surface area contributed by atoms with Gasteiger partial charge >= 0.3 is 0 Å². The lowest BCUT2D eigenvalue weighted by Gasteiger charge is -2.08. The molecular formula is C28H22N2O4. The molecule has 0 saturated carbocycles. The van der Waals surface area contributed by atoms with Crippen LogP contribution in [0.15, 0.2) is 101 Å². The van der Waals surface area contributed by atoms with Gasteiger partial charge in [-0.3, -0.25) is 4.79 Å². The average molecular weight is 450 g/mol. The van der Waals surface area contributed by atoms with Crippen LogP contribution in [0.1, 0.15) is 0 Å². The highest BCUT2D eigenvalue weighted by Crippen LogP contribution is 2.29. The van der Waals surface area contributed by atoms with Crippen molar-refractivity contribution in [1.29, 1.82) is 0 Å². The molecule has 0 saturated heterocycles. The number of methoxy groups -OCH3 is 1. The number of hydrogen-bond donors (Lipinski definition) is 1. The number of ether oxygens (including phenoxy) is 2. The molecule has 6 nitrogen and oxygen atoms in total. The summed E-state index contributed by atoms with van der Waals surface area (Å²) >= 11 is 0. The van der Waals surface area contributed by atoms with Gasteiger partial charge in [0.25, 0.3) is 5.91 Å². The van der Waals surface area contributed by atoms with Crippen LogP contribution in [0.25, 0.3) is 33.7 Å². The van der Waals surface area contributed by atoms with Gasteiger partial charge in [-0.15, -0.1) is 0 Å². The SMILES string of the molecule is COc1ccc(OCC(=O)Nc2ccc(-c3nc4cc(-c5ccccc5)ccc4o3)cc2)cc1. The highest BCUT2D eigenvalue weighted by Gasteiger charge is 2.10. The molecule has 1 amide bonds. The molecule has 0 unspecified atom stereocenters. The van der Waals surface area contributed by atoms with Gasteiger partial charge in [0.05, 0.1) is 7.11 Å². The Morgan fingerprint density at radius 2 is 1.53 bits per heavy atom. The Hall–Kier alpha value is -4.58. The van der Waals surface area contributed by atoms with Crippen LogP contribution >= 0.6 is 0 Å². The molecule has 34 heavy (non-hydrogen) atoms. The van der Waals surface area contributed by atoms with Crippen molar-refractivity contribution in [3.63, 3.8) is 0 Å². The Bertz CT molecular complexity index is 1410. The summed E-state index contributed by atoms with van der Waals surface area (Å²) in [7, 11) is 1.60. The van der Waals surface area contributed by atoms with Gasteiger partial charge in [0.15, 0.2) is 12.2 Å². The second-order valence-electron chi connectivity index (χ2n) is 7.66. The number of aromatic nitrogens is 1. The van der Waals surface area contributed by atoms with Crippen LogP contribution in [0.3, 0.4) is 0 Å². The van der Waals surface area contributed by atoms with E-state index in [1.54, 1.807) is 31.4 Å². The van der Waals surface area contributed by atoms with E-state index < -0.39 is 0 Å². The van der Waals surface area contributed by atoms with Crippen LogP contribution < -0.4 is 14.8 Å².